The summed E-state index contributed by atoms with van der Waals surface area (Å²) in [5.74, 6) is 0.540. The van der Waals surface area contributed by atoms with E-state index in [0.29, 0.717) is 12.5 Å². The molecule has 1 atom stereocenters. The molecule has 1 aliphatic rings. The predicted octanol–water partition coefficient (Wildman–Crippen LogP) is 2.49. The van der Waals surface area contributed by atoms with Crippen molar-refractivity contribution in [2.75, 3.05) is 33.7 Å². The number of likely N-dealkylation sites (tertiary alicyclic amines) is 1. The Morgan fingerprint density at radius 3 is 2.60 bits per heavy atom. The number of benzene rings is 1. The summed E-state index contributed by atoms with van der Waals surface area (Å²) >= 11 is 0. The average Bonchev–Trinajstić information content (AvgIpc) is 3.14. The minimum absolute atomic E-state index is 0.540. The molecule has 1 saturated heterocycles. The Hall–Kier alpha value is -1.69. The first kappa shape index (κ1) is 18.1. The van der Waals surface area contributed by atoms with E-state index in [4.69, 9.17) is 0 Å². The van der Waals surface area contributed by atoms with E-state index < -0.39 is 5.60 Å². The maximum Gasteiger partial charge on any atom is 0.0912 e. The summed E-state index contributed by atoms with van der Waals surface area (Å²) in [5, 5.41) is 15.2. The van der Waals surface area contributed by atoms with E-state index >= 15 is 0 Å². The summed E-state index contributed by atoms with van der Waals surface area (Å²) in [4.78, 5) is 4.37. The number of likely N-dealkylation sites (N-methyl/N-ethyl adjacent to an activating group) is 1. The van der Waals surface area contributed by atoms with Crippen LogP contribution in [-0.2, 0) is 6.54 Å². The molecule has 5 nitrogen and oxygen atoms in total. The number of aliphatic hydroxyl groups is 1. The lowest BCUT2D eigenvalue weighted by atomic mass is 10.0. The Kier molecular flexibility index (Phi) is 5.27. The van der Waals surface area contributed by atoms with Gasteiger partial charge in [0.1, 0.15) is 0 Å². The molecule has 1 fully saturated rings. The van der Waals surface area contributed by atoms with Gasteiger partial charge in [-0.25, -0.2) is 4.68 Å². The predicted molar refractivity (Wildman–Crippen MR) is 101 cm³/mol. The van der Waals surface area contributed by atoms with Crippen molar-refractivity contribution in [1.82, 2.24) is 19.6 Å². The van der Waals surface area contributed by atoms with Gasteiger partial charge in [0.25, 0.3) is 0 Å². The first-order chi connectivity index (χ1) is 11.8. The monoisotopic (exact) mass is 342 g/mol. The molecular formula is C20H30N4O. The molecule has 0 saturated carbocycles. The van der Waals surface area contributed by atoms with Crippen molar-refractivity contribution in [2.45, 2.75) is 38.3 Å². The van der Waals surface area contributed by atoms with E-state index in [1.807, 2.05) is 25.0 Å². The Bertz CT molecular complexity index is 692. The molecule has 1 unspecified atom stereocenters. The van der Waals surface area contributed by atoms with Gasteiger partial charge >= 0.3 is 0 Å². The number of β-amino-alcohol motifs (C(OH)–C–C–N with tert-alkyl or cyclic N) is 1. The maximum atomic E-state index is 10.7. The van der Waals surface area contributed by atoms with E-state index in [1.54, 1.807) is 0 Å². The third-order valence-electron chi connectivity index (χ3n) is 4.89. The van der Waals surface area contributed by atoms with Crippen molar-refractivity contribution in [3.63, 3.8) is 0 Å². The van der Waals surface area contributed by atoms with Gasteiger partial charge in [0.05, 0.1) is 17.5 Å². The summed E-state index contributed by atoms with van der Waals surface area (Å²) in [6.07, 6.45) is 4.85. The molecule has 1 N–H and O–H groups in total. The number of rotatable bonds is 6. The van der Waals surface area contributed by atoms with Crippen LogP contribution < -0.4 is 0 Å². The average molecular weight is 342 g/mol. The molecule has 1 aromatic heterocycles. The van der Waals surface area contributed by atoms with E-state index in [-0.39, 0.29) is 0 Å². The van der Waals surface area contributed by atoms with E-state index in [2.05, 4.69) is 59.2 Å². The number of aromatic nitrogens is 2. The highest BCUT2D eigenvalue weighted by molar-refractivity contribution is 5.35. The van der Waals surface area contributed by atoms with Crippen LogP contribution in [0.2, 0.25) is 0 Å². The second-order valence-electron chi connectivity index (χ2n) is 7.96. The highest BCUT2D eigenvalue weighted by Gasteiger charge is 2.36. The zero-order valence-electron chi connectivity index (χ0n) is 15.8. The van der Waals surface area contributed by atoms with Crippen molar-refractivity contribution in [1.29, 1.82) is 0 Å². The lowest BCUT2D eigenvalue weighted by Crippen LogP contribution is -2.42. The Morgan fingerprint density at radius 2 is 1.96 bits per heavy atom. The number of hydrogen-bond donors (Lipinski definition) is 1. The first-order valence-corrected chi connectivity index (χ1v) is 9.08. The third-order valence-corrected chi connectivity index (χ3v) is 4.89. The molecule has 0 spiro atoms. The van der Waals surface area contributed by atoms with Crippen LogP contribution in [0.1, 0.15) is 37.3 Å². The minimum Gasteiger partial charge on any atom is -0.387 e. The van der Waals surface area contributed by atoms with Crippen LogP contribution in [0.3, 0.4) is 0 Å². The van der Waals surface area contributed by atoms with Gasteiger partial charge in [0, 0.05) is 37.9 Å². The van der Waals surface area contributed by atoms with Crippen molar-refractivity contribution >= 4 is 0 Å². The van der Waals surface area contributed by atoms with Gasteiger partial charge in [-0.05, 0) is 44.1 Å². The van der Waals surface area contributed by atoms with Gasteiger partial charge in [0.15, 0.2) is 0 Å². The lowest BCUT2D eigenvalue weighted by molar-refractivity contribution is 0.0240. The molecule has 0 bridgehead atoms. The second kappa shape index (κ2) is 7.28. The molecule has 25 heavy (non-hydrogen) atoms. The molecule has 1 aromatic carbocycles. The van der Waals surface area contributed by atoms with Gasteiger partial charge in [-0.2, -0.15) is 5.10 Å². The first-order valence-electron chi connectivity index (χ1n) is 9.08. The normalized spacial score (nSPS) is 21.6. The number of hydrogen-bond acceptors (Lipinski definition) is 4. The van der Waals surface area contributed by atoms with Gasteiger partial charge in [-0.15, -0.1) is 0 Å². The van der Waals surface area contributed by atoms with Gasteiger partial charge in [0.2, 0.25) is 0 Å². The van der Waals surface area contributed by atoms with Crippen LogP contribution in [0.25, 0.3) is 5.69 Å². The van der Waals surface area contributed by atoms with Crippen LogP contribution in [0.4, 0.5) is 0 Å². The molecule has 5 heteroatoms. The fourth-order valence-electron chi connectivity index (χ4n) is 3.65. The Morgan fingerprint density at radius 1 is 1.24 bits per heavy atom. The molecule has 0 amide bonds. The van der Waals surface area contributed by atoms with Crippen LogP contribution in [0, 0.1) is 0 Å². The summed E-state index contributed by atoms with van der Waals surface area (Å²) in [5.41, 5.74) is 3.02. The Balaban J connectivity index is 1.62. The topological polar surface area (TPSA) is 44.5 Å². The molecule has 0 aliphatic carbocycles. The molecule has 2 aromatic rings. The standard InChI is InChI=1S/C20H30N4O/c1-16(2)18-5-7-19(8-6-18)24-13-17(11-21-24)12-23-10-9-20(25,15-23)14-22(3)4/h5-8,11,13,16,25H,9-10,12,14-15H2,1-4H3. The van der Waals surface area contributed by atoms with Crippen molar-refractivity contribution in [3.8, 4) is 5.69 Å². The zero-order valence-corrected chi connectivity index (χ0v) is 15.8. The van der Waals surface area contributed by atoms with Crippen LogP contribution in [-0.4, -0.2) is 64.0 Å². The van der Waals surface area contributed by atoms with Gasteiger partial charge in [-0.3, -0.25) is 4.90 Å². The van der Waals surface area contributed by atoms with Crippen molar-refractivity contribution < 1.29 is 5.11 Å². The molecule has 1 aliphatic heterocycles. The number of nitrogens with zero attached hydrogens (tertiary/aromatic N) is 4. The van der Waals surface area contributed by atoms with Crippen LogP contribution in [0.15, 0.2) is 36.7 Å². The molecule has 2 heterocycles. The third kappa shape index (κ3) is 4.48. The maximum absolute atomic E-state index is 10.7. The molecule has 0 radical (unpaired) electrons. The largest absolute Gasteiger partial charge is 0.387 e. The molecule has 136 valence electrons. The van der Waals surface area contributed by atoms with E-state index in [1.165, 1.54) is 11.1 Å². The van der Waals surface area contributed by atoms with E-state index in [9.17, 15) is 5.11 Å². The van der Waals surface area contributed by atoms with Gasteiger partial charge in [-0.1, -0.05) is 26.0 Å². The fourth-order valence-corrected chi connectivity index (χ4v) is 3.65. The smallest absolute Gasteiger partial charge is 0.0912 e. The summed E-state index contributed by atoms with van der Waals surface area (Å²) in [7, 11) is 4.02. The molecule has 3 rings (SSSR count). The Labute approximate surface area is 150 Å². The summed E-state index contributed by atoms with van der Waals surface area (Å²) in [6.45, 7) is 7.60. The highest BCUT2D eigenvalue weighted by atomic mass is 16.3. The summed E-state index contributed by atoms with van der Waals surface area (Å²) < 4.78 is 1.93. The van der Waals surface area contributed by atoms with Crippen molar-refractivity contribution in [3.05, 3.63) is 47.8 Å². The lowest BCUT2D eigenvalue weighted by Gasteiger charge is -2.26. The zero-order chi connectivity index (χ0) is 18.0. The highest BCUT2D eigenvalue weighted by Crippen LogP contribution is 2.24. The molecular weight excluding hydrogens is 312 g/mol. The fraction of sp³-hybridized carbons (Fsp3) is 0.550. The van der Waals surface area contributed by atoms with Crippen molar-refractivity contribution in [2.24, 2.45) is 0 Å². The minimum atomic E-state index is -0.591. The van der Waals surface area contributed by atoms with Crippen LogP contribution in [0.5, 0.6) is 0 Å². The second-order valence-corrected chi connectivity index (χ2v) is 7.96. The quantitative estimate of drug-likeness (QED) is 0.876. The van der Waals surface area contributed by atoms with Gasteiger partial charge < -0.3 is 10.0 Å². The SMILES string of the molecule is CC(C)c1ccc(-n2cc(CN3CCC(O)(CN(C)C)C3)cn2)cc1. The summed E-state index contributed by atoms with van der Waals surface area (Å²) in [6, 6.07) is 8.59. The van der Waals surface area contributed by atoms with E-state index in [0.717, 1.165) is 31.7 Å². The van der Waals surface area contributed by atoms with Crippen LogP contribution >= 0.6 is 0 Å².